The number of hydrogen-bond donors (Lipinski definition) is 2. The van der Waals surface area contributed by atoms with Gasteiger partial charge in [0.25, 0.3) is 5.91 Å². The van der Waals surface area contributed by atoms with E-state index in [0.717, 1.165) is 12.8 Å². The molecule has 1 amide bonds. The Bertz CT molecular complexity index is 670. The summed E-state index contributed by atoms with van der Waals surface area (Å²) in [5.74, 6) is -0.153. The predicted octanol–water partition coefficient (Wildman–Crippen LogP) is 0.901. The average molecular weight is 342 g/mol. The predicted molar refractivity (Wildman–Crippen MR) is 85.1 cm³/mol. The Morgan fingerprint density at radius 2 is 2.04 bits per heavy atom. The van der Waals surface area contributed by atoms with Crippen LogP contribution in [0.4, 0.5) is 0 Å². The minimum atomic E-state index is -3.71. The third-order valence-electron chi connectivity index (χ3n) is 3.41. The smallest absolute Gasteiger partial charge is 0.251 e. The largest absolute Gasteiger partial charge is 0.495 e. The number of carbonyl (C=O) groups is 1. The van der Waals surface area contributed by atoms with E-state index >= 15 is 0 Å². The quantitative estimate of drug-likeness (QED) is 0.732. The molecule has 2 N–H and O–H groups in total. The van der Waals surface area contributed by atoms with Crippen molar-refractivity contribution in [1.82, 2.24) is 10.0 Å². The summed E-state index contributed by atoms with van der Waals surface area (Å²) in [7, 11) is -0.774. The standard InChI is InChI=1S/C15H22N2O5S/c1-10(9-21-2)16-15(18)11-4-7-13(22-3)14(8-11)23(19,20)17-12-5-6-12/h4,7-8,10,12,17H,5-6,9H2,1-3H3,(H,16,18). The van der Waals surface area contributed by atoms with E-state index in [2.05, 4.69) is 10.0 Å². The molecule has 2 rings (SSSR count). The summed E-state index contributed by atoms with van der Waals surface area (Å²) >= 11 is 0. The Hall–Kier alpha value is -1.64. The Morgan fingerprint density at radius 3 is 2.61 bits per heavy atom. The van der Waals surface area contributed by atoms with Crippen LogP contribution in [-0.2, 0) is 14.8 Å². The van der Waals surface area contributed by atoms with Crippen LogP contribution in [-0.4, -0.2) is 47.2 Å². The average Bonchev–Trinajstić information content (AvgIpc) is 3.30. The van der Waals surface area contributed by atoms with Crippen LogP contribution < -0.4 is 14.8 Å². The topological polar surface area (TPSA) is 93.7 Å². The van der Waals surface area contributed by atoms with Crippen molar-refractivity contribution < 1.29 is 22.7 Å². The highest BCUT2D eigenvalue weighted by molar-refractivity contribution is 7.89. The van der Waals surface area contributed by atoms with E-state index in [0.29, 0.717) is 6.61 Å². The molecule has 0 saturated heterocycles. The van der Waals surface area contributed by atoms with Crippen molar-refractivity contribution in [3.63, 3.8) is 0 Å². The zero-order chi connectivity index (χ0) is 17.0. The second-order valence-corrected chi connectivity index (χ2v) is 7.27. The van der Waals surface area contributed by atoms with Crippen LogP contribution >= 0.6 is 0 Å². The minimum absolute atomic E-state index is 0.0242. The van der Waals surface area contributed by atoms with Crippen LogP contribution in [0.1, 0.15) is 30.1 Å². The first-order valence-electron chi connectivity index (χ1n) is 7.37. The van der Waals surface area contributed by atoms with Gasteiger partial charge in [0.05, 0.1) is 13.7 Å². The number of sulfonamides is 1. The first-order chi connectivity index (χ1) is 10.9. The maximum absolute atomic E-state index is 12.4. The lowest BCUT2D eigenvalue weighted by atomic mass is 10.2. The molecule has 8 heteroatoms. The summed E-state index contributed by atoms with van der Waals surface area (Å²) < 4.78 is 37.5. The van der Waals surface area contributed by atoms with E-state index < -0.39 is 10.0 Å². The zero-order valence-electron chi connectivity index (χ0n) is 13.5. The molecule has 1 aliphatic rings. The molecule has 0 aromatic heterocycles. The van der Waals surface area contributed by atoms with E-state index in [1.165, 1.54) is 25.3 Å². The molecule has 1 aromatic carbocycles. The Labute approximate surface area is 136 Å². The van der Waals surface area contributed by atoms with Gasteiger partial charge in [0.15, 0.2) is 0 Å². The Balaban J connectivity index is 2.25. The molecule has 7 nitrogen and oxygen atoms in total. The highest BCUT2D eigenvalue weighted by atomic mass is 32.2. The van der Waals surface area contributed by atoms with E-state index in [4.69, 9.17) is 9.47 Å². The van der Waals surface area contributed by atoms with Crippen molar-refractivity contribution >= 4 is 15.9 Å². The fraction of sp³-hybridized carbons (Fsp3) is 0.533. The SMILES string of the molecule is COCC(C)NC(=O)c1ccc(OC)c(S(=O)(=O)NC2CC2)c1. The van der Waals surface area contributed by atoms with Gasteiger partial charge in [0.2, 0.25) is 10.0 Å². The lowest BCUT2D eigenvalue weighted by Crippen LogP contribution is -2.35. The van der Waals surface area contributed by atoms with Gasteiger partial charge in [-0.05, 0) is 38.0 Å². The molecule has 0 spiro atoms. The zero-order valence-corrected chi connectivity index (χ0v) is 14.3. The van der Waals surface area contributed by atoms with Gasteiger partial charge in [-0.25, -0.2) is 13.1 Å². The van der Waals surface area contributed by atoms with Crippen LogP contribution in [0.5, 0.6) is 5.75 Å². The number of methoxy groups -OCH3 is 2. The summed E-state index contributed by atoms with van der Waals surface area (Å²) in [6.07, 6.45) is 1.66. The summed E-state index contributed by atoms with van der Waals surface area (Å²) in [4.78, 5) is 12.2. The van der Waals surface area contributed by atoms with Gasteiger partial charge in [-0.15, -0.1) is 0 Å². The van der Waals surface area contributed by atoms with Gasteiger partial charge < -0.3 is 14.8 Å². The Kier molecular flexibility index (Phi) is 5.61. The number of carbonyl (C=O) groups excluding carboxylic acids is 1. The summed E-state index contributed by atoms with van der Waals surface area (Å²) in [5.41, 5.74) is 0.255. The van der Waals surface area contributed by atoms with Crippen molar-refractivity contribution in [2.45, 2.75) is 36.7 Å². The molecule has 1 atom stereocenters. The first kappa shape index (κ1) is 17.7. The molecule has 1 aromatic rings. The van der Waals surface area contributed by atoms with Crippen molar-refractivity contribution in [2.24, 2.45) is 0 Å². The van der Waals surface area contributed by atoms with Gasteiger partial charge in [0.1, 0.15) is 10.6 Å². The van der Waals surface area contributed by atoms with E-state index in [1.807, 2.05) is 0 Å². The molecule has 128 valence electrons. The van der Waals surface area contributed by atoms with E-state index in [9.17, 15) is 13.2 Å². The first-order valence-corrected chi connectivity index (χ1v) is 8.86. The van der Waals surface area contributed by atoms with Crippen molar-refractivity contribution in [1.29, 1.82) is 0 Å². The summed E-state index contributed by atoms with van der Waals surface area (Å²) in [6.45, 7) is 2.17. The van der Waals surface area contributed by atoms with Crippen molar-refractivity contribution in [3.8, 4) is 5.75 Å². The third kappa shape index (κ3) is 4.66. The number of benzene rings is 1. The van der Waals surface area contributed by atoms with Crippen LogP contribution in [0.3, 0.4) is 0 Å². The van der Waals surface area contributed by atoms with Gasteiger partial charge in [-0.2, -0.15) is 0 Å². The monoisotopic (exact) mass is 342 g/mol. The second-order valence-electron chi connectivity index (χ2n) is 5.59. The normalized spacial score (nSPS) is 16.0. The molecule has 1 aliphatic carbocycles. The maximum atomic E-state index is 12.4. The lowest BCUT2D eigenvalue weighted by Gasteiger charge is -2.15. The molecular weight excluding hydrogens is 320 g/mol. The third-order valence-corrected chi connectivity index (χ3v) is 4.95. The molecule has 0 radical (unpaired) electrons. The van der Waals surface area contributed by atoms with Crippen LogP contribution in [0, 0.1) is 0 Å². The highest BCUT2D eigenvalue weighted by Gasteiger charge is 2.30. The number of amides is 1. The van der Waals surface area contributed by atoms with Crippen LogP contribution in [0.2, 0.25) is 0 Å². The molecule has 0 aliphatic heterocycles. The van der Waals surface area contributed by atoms with Crippen LogP contribution in [0.15, 0.2) is 23.1 Å². The number of hydrogen-bond acceptors (Lipinski definition) is 5. The van der Waals surface area contributed by atoms with Gasteiger partial charge >= 0.3 is 0 Å². The number of nitrogens with one attached hydrogen (secondary N) is 2. The van der Waals surface area contributed by atoms with Crippen LogP contribution in [0.25, 0.3) is 0 Å². The molecule has 1 unspecified atom stereocenters. The van der Waals surface area contributed by atoms with Crippen molar-refractivity contribution in [3.05, 3.63) is 23.8 Å². The minimum Gasteiger partial charge on any atom is -0.495 e. The number of rotatable bonds is 8. The fourth-order valence-electron chi connectivity index (χ4n) is 2.11. The second kappa shape index (κ2) is 7.29. The van der Waals surface area contributed by atoms with E-state index in [-0.39, 0.29) is 34.2 Å². The van der Waals surface area contributed by atoms with Gasteiger partial charge in [0, 0.05) is 24.8 Å². The van der Waals surface area contributed by atoms with Gasteiger partial charge in [-0.1, -0.05) is 0 Å². The lowest BCUT2D eigenvalue weighted by molar-refractivity contribution is 0.0905. The molecule has 23 heavy (non-hydrogen) atoms. The maximum Gasteiger partial charge on any atom is 0.251 e. The molecule has 1 fully saturated rings. The number of ether oxygens (including phenoxy) is 2. The molecule has 0 bridgehead atoms. The summed E-state index contributed by atoms with van der Waals surface area (Å²) in [6, 6.07) is 4.14. The fourth-order valence-corrected chi connectivity index (χ4v) is 3.61. The summed E-state index contributed by atoms with van der Waals surface area (Å²) in [5, 5.41) is 2.75. The highest BCUT2D eigenvalue weighted by Crippen LogP contribution is 2.28. The van der Waals surface area contributed by atoms with E-state index in [1.54, 1.807) is 14.0 Å². The molecule has 1 saturated carbocycles. The molecular formula is C15H22N2O5S. The molecule has 0 heterocycles. The van der Waals surface area contributed by atoms with Gasteiger partial charge in [-0.3, -0.25) is 4.79 Å². The Morgan fingerprint density at radius 1 is 1.35 bits per heavy atom. The van der Waals surface area contributed by atoms with Crippen molar-refractivity contribution in [2.75, 3.05) is 20.8 Å².